The number of aromatic carboxylic acids is 1. The first-order valence-electron chi connectivity index (χ1n) is 5.70. The largest absolute Gasteiger partial charge is 0.477 e. The first kappa shape index (κ1) is 13.1. The molecule has 3 aromatic rings. The molecule has 0 radical (unpaired) electrons. The summed E-state index contributed by atoms with van der Waals surface area (Å²) in [5, 5.41) is 11.5. The van der Waals surface area contributed by atoms with E-state index in [9.17, 15) is 9.90 Å². The predicted molar refractivity (Wildman–Crippen MR) is 76.4 cm³/mol. The van der Waals surface area contributed by atoms with E-state index in [-0.39, 0.29) is 0 Å². The molecular weight excluding hydrogens is 296 g/mol. The Hall–Kier alpha value is -1.93. The monoisotopic (exact) mass is 306 g/mol. The Kier molecular flexibility index (Phi) is 3.19. The third kappa shape index (κ3) is 2.06. The molecule has 0 spiro atoms. The zero-order valence-corrected chi connectivity index (χ0v) is 12.3. The molecule has 0 aliphatic heterocycles. The average molecular weight is 306 g/mol. The van der Waals surface area contributed by atoms with E-state index < -0.39 is 5.97 Å². The number of nitrogens with zero attached hydrogens (tertiary/aromatic N) is 4. The summed E-state index contributed by atoms with van der Waals surface area (Å²) >= 11 is 2.58. The molecule has 0 aliphatic carbocycles. The number of fused-ring (bicyclic) bond motifs is 1. The van der Waals surface area contributed by atoms with Crippen LogP contribution in [0.25, 0.3) is 10.2 Å². The minimum Gasteiger partial charge on any atom is -0.477 e. The van der Waals surface area contributed by atoms with Crippen LogP contribution in [0.5, 0.6) is 0 Å². The van der Waals surface area contributed by atoms with Gasteiger partial charge in [0.15, 0.2) is 5.16 Å². The second-order valence-electron chi connectivity index (χ2n) is 4.14. The number of hydrogen-bond acceptors (Lipinski definition) is 6. The topological polar surface area (TPSA) is 80.9 Å². The maximum atomic E-state index is 11.2. The summed E-state index contributed by atoms with van der Waals surface area (Å²) in [5.41, 5.74) is 0.704. The van der Waals surface area contributed by atoms with Crippen LogP contribution in [0.1, 0.15) is 15.2 Å². The fraction of sp³-hybridized carbons (Fsp3) is 0.167. The van der Waals surface area contributed by atoms with Crippen LogP contribution in [0.2, 0.25) is 0 Å². The summed E-state index contributed by atoms with van der Waals surface area (Å²) in [7, 11) is 1.90. The number of imidazole rings is 1. The Morgan fingerprint density at radius 1 is 1.40 bits per heavy atom. The maximum absolute atomic E-state index is 11.2. The van der Waals surface area contributed by atoms with Crippen LogP contribution in [0, 0.1) is 6.92 Å². The van der Waals surface area contributed by atoms with Crippen molar-refractivity contribution in [3.8, 4) is 0 Å². The lowest BCUT2D eigenvalue weighted by Gasteiger charge is -2.02. The summed E-state index contributed by atoms with van der Waals surface area (Å²) in [5.74, 6) is -0.932. The molecule has 0 bridgehead atoms. The molecule has 20 heavy (non-hydrogen) atoms. The van der Waals surface area contributed by atoms with Gasteiger partial charge in [0.1, 0.15) is 21.1 Å². The Labute approximate surface area is 122 Å². The van der Waals surface area contributed by atoms with E-state index in [0.29, 0.717) is 15.3 Å². The van der Waals surface area contributed by atoms with Crippen LogP contribution in [0.4, 0.5) is 0 Å². The van der Waals surface area contributed by atoms with E-state index in [1.807, 2.05) is 17.8 Å². The van der Waals surface area contributed by atoms with E-state index in [1.54, 1.807) is 13.1 Å². The van der Waals surface area contributed by atoms with Gasteiger partial charge in [-0.05, 0) is 24.2 Å². The van der Waals surface area contributed by atoms with Crippen LogP contribution < -0.4 is 0 Å². The lowest BCUT2D eigenvalue weighted by atomic mass is 10.2. The molecule has 6 nitrogen and oxygen atoms in total. The number of carboxylic acid groups (broad SMARTS) is 1. The van der Waals surface area contributed by atoms with E-state index in [2.05, 4.69) is 15.0 Å². The highest BCUT2D eigenvalue weighted by molar-refractivity contribution is 7.99. The molecule has 0 fully saturated rings. The number of rotatable bonds is 3. The van der Waals surface area contributed by atoms with Gasteiger partial charge in [0.25, 0.3) is 0 Å². The van der Waals surface area contributed by atoms with Crippen molar-refractivity contribution in [2.24, 2.45) is 7.05 Å². The van der Waals surface area contributed by atoms with Crippen molar-refractivity contribution in [2.45, 2.75) is 17.1 Å². The number of aryl methyl sites for hydroxylation is 2. The van der Waals surface area contributed by atoms with Crippen LogP contribution in [-0.4, -0.2) is 30.6 Å². The Balaban J connectivity index is 2.16. The molecule has 0 saturated heterocycles. The van der Waals surface area contributed by atoms with E-state index in [0.717, 1.165) is 15.6 Å². The molecule has 0 aliphatic rings. The smallest absolute Gasteiger partial charge is 0.346 e. The van der Waals surface area contributed by atoms with Gasteiger partial charge in [-0.2, -0.15) is 0 Å². The summed E-state index contributed by atoms with van der Waals surface area (Å²) in [6.45, 7) is 1.79. The summed E-state index contributed by atoms with van der Waals surface area (Å²) < 4.78 is 1.89. The maximum Gasteiger partial charge on any atom is 0.346 e. The summed E-state index contributed by atoms with van der Waals surface area (Å²) in [4.78, 5) is 24.9. The molecule has 0 amide bonds. The fourth-order valence-corrected chi connectivity index (χ4v) is 3.85. The quantitative estimate of drug-likeness (QED) is 0.749. The van der Waals surface area contributed by atoms with Gasteiger partial charge >= 0.3 is 5.97 Å². The average Bonchev–Trinajstić information content (AvgIpc) is 2.95. The number of hydrogen-bond donors (Lipinski definition) is 1. The second-order valence-corrected chi connectivity index (χ2v) is 6.10. The van der Waals surface area contributed by atoms with Crippen LogP contribution >= 0.6 is 23.1 Å². The molecule has 0 unspecified atom stereocenters. The molecule has 3 rings (SSSR count). The molecule has 0 aromatic carbocycles. The standard InChI is InChI=1S/C12H10N4O2S2/c1-6-7-9(19-8(6)11(17)18)14-5-15-10(7)20-12-13-3-4-16(12)2/h3-5H,1-2H3,(H,17,18). The highest BCUT2D eigenvalue weighted by atomic mass is 32.2. The Morgan fingerprint density at radius 2 is 2.20 bits per heavy atom. The lowest BCUT2D eigenvalue weighted by Crippen LogP contribution is -1.95. The Bertz CT molecular complexity index is 809. The van der Waals surface area contributed by atoms with Crippen LogP contribution in [0.15, 0.2) is 28.9 Å². The van der Waals surface area contributed by atoms with E-state index in [1.165, 1.54) is 29.4 Å². The normalized spacial score (nSPS) is 11.1. The zero-order valence-electron chi connectivity index (χ0n) is 10.7. The third-order valence-corrected chi connectivity index (χ3v) is 5.12. The van der Waals surface area contributed by atoms with Crippen molar-refractivity contribution in [1.29, 1.82) is 0 Å². The minimum absolute atomic E-state index is 0.308. The van der Waals surface area contributed by atoms with Crippen LogP contribution in [0.3, 0.4) is 0 Å². The highest BCUT2D eigenvalue weighted by Gasteiger charge is 2.19. The van der Waals surface area contributed by atoms with E-state index in [4.69, 9.17) is 0 Å². The molecular formula is C12H10N4O2S2. The minimum atomic E-state index is -0.932. The lowest BCUT2D eigenvalue weighted by molar-refractivity contribution is 0.0701. The first-order chi connectivity index (χ1) is 9.58. The van der Waals surface area contributed by atoms with Crippen molar-refractivity contribution >= 4 is 39.3 Å². The van der Waals surface area contributed by atoms with Crippen molar-refractivity contribution in [3.05, 3.63) is 29.2 Å². The Morgan fingerprint density at radius 3 is 2.85 bits per heavy atom. The SMILES string of the molecule is Cc1c(C(=O)O)sc2ncnc(Sc3nccn3C)c12. The van der Waals surface area contributed by atoms with Gasteiger partial charge in [-0.3, -0.25) is 0 Å². The summed E-state index contributed by atoms with van der Waals surface area (Å²) in [6.07, 6.45) is 5.02. The van der Waals surface area contributed by atoms with Gasteiger partial charge in [-0.15, -0.1) is 11.3 Å². The predicted octanol–water partition coefficient (Wildman–Crippen LogP) is 2.58. The molecule has 0 atom stereocenters. The fourth-order valence-electron chi connectivity index (χ4n) is 1.86. The molecule has 1 N–H and O–H groups in total. The molecule has 0 saturated carbocycles. The summed E-state index contributed by atoms with van der Waals surface area (Å²) in [6, 6.07) is 0. The van der Waals surface area contributed by atoms with E-state index >= 15 is 0 Å². The first-order valence-corrected chi connectivity index (χ1v) is 7.33. The second kappa shape index (κ2) is 4.88. The number of aromatic nitrogens is 4. The highest BCUT2D eigenvalue weighted by Crippen LogP contribution is 2.37. The van der Waals surface area contributed by atoms with Gasteiger partial charge in [0.05, 0.1) is 0 Å². The molecule has 3 heterocycles. The van der Waals surface area contributed by atoms with Gasteiger partial charge in [0.2, 0.25) is 0 Å². The number of carboxylic acids is 1. The van der Waals surface area contributed by atoms with Gasteiger partial charge in [-0.25, -0.2) is 19.7 Å². The van der Waals surface area contributed by atoms with Crippen molar-refractivity contribution in [3.63, 3.8) is 0 Å². The molecule has 8 heteroatoms. The third-order valence-electron chi connectivity index (χ3n) is 2.85. The molecule has 102 valence electrons. The zero-order chi connectivity index (χ0) is 14.3. The van der Waals surface area contributed by atoms with Gasteiger partial charge < -0.3 is 9.67 Å². The van der Waals surface area contributed by atoms with Crippen molar-refractivity contribution in [2.75, 3.05) is 0 Å². The number of carbonyl (C=O) groups is 1. The number of thiophene rings is 1. The van der Waals surface area contributed by atoms with Crippen molar-refractivity contribution in [1.82, 2.24) is 19.5 Å². The van der Waals surface area contributed by atoms with Crippen LogP contribution in [-0.2, 0) is 7.05 Å². The van der Waals surface area contributed by atoms with Gasteiger partial charge in [-0.1, -0.05) is 0 Å². The molecule has 3 aromatic heterocycles. The van der Waals surface area contributed by atoms with Crippen molar-refractivity contribution < 1.29 is 9.90 Å². The van der Waals surface area contributed by atoms with Gasteiger partial charge in [0, 0.05) is 24.8 Å².